The quantitative estimate of drug-likeness (QED) is 0.105. The SMILES string of the molecule is O=S1(=O)c2ccccc2-c2ccc(-c3ccnc(-c4[c-]cccc4)c3)cc21.O=S1c2ccccc2-c2ccc(-c3ccnc(-c4[c-]cccc4)c3)cc21.[Ir].[Ir].[Ir].[Ir].[c-]1ccccc1-c1cc(-c2ccc(-c3ccccc3)cc2)ccn1.[c-]1ccccc1-c1cc(-c2ccc3c(c2)[se]c2ccccc23)ccn1. The zero-order valence-corrected chi connectivity index (χ0v) is 69.0. The van der Waals surface area contributed by atoms with Crippen LogP contribution in [0, 0.1) is 24.3 Å². The third-order valence-corrected chi connectivity index (χ3v) is 23.7. The molecule has 106 heavy (non-hydrogen) atoms. The molecule has 4 radical (unpaired) electrons. The van der Waals surface area contributed by atoms with E-state index >= 15 is 0 Å². The van der Waals surface area contributed by atoms with Crippen LogP contribution in [0.4, 0.5) is 0 Å². The molecule has 1 atom stereocenters. The van der Waals surface area contributed by atoms with Crippen LogP contribution in [0.1, 0.15) is 0 Å². The molecule has 522 valence electrons. The van der Waals surface area contributed by atoms with Gasteiger partial charge in [0, 0.05) is 110 Å². The first-order valence-electron chi connectivity index (χ1n) is 33.2. The van der Waals surface area contributed by atoms with Gasteiger partial charge in [-0.3, -0.25) is 0 Å². The van der Waals surface area contributed by atoms with Gasteiger partial charge in [0.1, 0.15) is 0 Å². The number of nitrogens with zero attached hydrogens (tertiary/aromatic N) is 4. The number of aromatic nitrogens is 4. The van der Waals surface area contributed by atoms with Gasteiger partial charge in [0.15, 0.2) is 0 Å². The van der Waals surface area contributed by atoms with Gasteiger partial charge in [0.2, 0.25) is 9.84 Å². The van der Waals surface area contributed by atoms with Gasteiger partial charge in [-0.1, -0.05) is 133 Å². The Balaban J connectivity index is 0.000000131. The van der Waals surface area contributed by atoms with E-state index in [1.807, 2.05) is 195 Å². The number of rotatable bonds is 9. The third-order valence-electron chi connectivity index (χ3n) is 18.0. The van der Waals surface area contributed by atoms with E-state index in [9.17, 15) is 12.6 Å². The predicted octanol–water partition coefficient (Wildman–Crippen LogP) is 21.8. The summed E-state index contributed by atoms with van der Waals surface area (Å²) in [5.41, 5.74) is 22.3. The van der Waals surface area contributed by atoms with Crippen molar-refractivity contribution in [1.82, 2.24) is 19.9 Å². The van der Waals surface area contributed by atoms with E-state index in [-0.39, 0.29) is 80.4 Å². The Labute approximate surface area is 679 Å². The molecule has 0 amide bonds. The molecule has 0 N–H and O–H groups in total. The zero-order valence-electron chi connectivity index (χ0n) is 56.1. The average Bonchev–Trinajstić information content (AvgIpc) is 1.59. The first-order chi connectivity index (χ1) is 50.2. The van der Waals surface area contributed by atoms with Gasteiger partial charge in [-0.15, -0.1) is 108 Å². The second kappa shape index (κ2) is 34.8. The van der Waals surface area contributed by atoms with Crippen LogP contribution in [-0.4, -0.2) is 47.1 Å². The predicted molar refractivity (Wildman–Crippen MR) is 414 cm³/mol. The van der Waals surface area contributed by atoms with Gasteiger partial charge < -0.3 is 15.0 Å². The molecule has 1 unspecified atom stereocenters. The van der Waals surface area contributed by atoms with E-state index in [2.05, 4.69) is 178 Å². The molecule has 2 aliphatic heterocycles. The molecule has 17 aromatic rings. The van der Waals surface area contributed by atoms with Gasteiger partial charge in [0.25, 0.3) is 0 Å². The van der Waals surface area contributed by atoms with Crippen LogP contribution in [0.25, 0.3) is 142 Å². The van der Waals surface area contributed by atoms with E-state index in [1.165, 1.54) is 47.1 Å². The van der Waals surface area contributed by atoms with Gasteiger partial charge in [-0.25, -0.2) is 12.6 Å². The molecule has 12 aromatic carbocycles. The minimum atomic E-state index is -3.48. The van der Waals surface area contributed by atoms with Crippen molar-refractivity contribution in [1.29, 1.82) is 0 Å². The molecular weight excluding hydrogens is 2120 g/mol. The first kappa shape index (κ1) is 76.1. The van der Waals surface area contributed by atoms with E-state index in [1.54, 1.807) is 24.4 Å². The molecular formula is C92H58Ir4N4O3S2Se-4. The molecule has 7 nitrogen and oxygen atoms in total. The summed E-state index contributed by atoms with van der Waals surface area (Å²) in [5, 5.41) is 2.79. The van der Waals surface area contributed by atoms with Crippen LogP contribution in [-0.2, 0) is 101 Å². The fraction of sp³-hybridized carbons (Fsp3) is 0. The van der Waals surface area contributed by atoms with Crippen molar-refractivity contribution in [2.45, 2.75) is 19.6 Å². The van der Waals surface area contributed by atoms with E-state index in [0.717, 1.165) is 105 Å². The molecule has 14 heteroatoms. The summed E-state index contributed by atoms with van der Waals surface area (Å²) in [4.78, 5) is 20.4. The molecule has 0 spiro atoms. The summed E-state index contributed by atoms with van der Waals surface area (Å²) in [6, 6.07) is 122. The number of sulfone groups is 1. The fourth-order valence-electron chi connectivity index (χ4n) is 12.9. The molecule has 0 aliphatic carbocycles. The second-order valence-corrected chi connectivity index (χ2v) is 29.8. The molecule has 5 aromatic heterocycles. The maximum atomic E-state index is 12.9. The van der Waals surface area contributed by atoms with Crippen LogP contribution in [0.5, 0.6) is 0 Å². The molecule has 0 bridgehead atoms. The Hall–Kier alpha value is -9.54. The molecule has 0 saturated carbocycles. The maximum absolute atomic E-state index is 12.9. The minimum absolute atomic E-state index is 0. The van der Waals surface area contributed by atoms with Crippen molar-refractivity contribution >= 4 is 54.4 Å². The van der Waals surface area contributed by atoms with Crippen molar-refractivity contribution in [3.05, 3.63) is 377 Å². The summed E-state index contributed by atoms with van der Waals surface area (Å²) in [7, 11) is -4.60. The Morgan fingerprint density at radius 1 is 0.274 bits per heavy atom. The Morgan fingerprint density at radius 2 is 0.632 bits per heavy atom. The first-order valence-corrected chi connectivity index (χ1v) is 37.5. The number of hydrogen-bond acceptors (Lipinski definition) is 7. The van der Waals surface area contributed by atoms with Gasteiger partial charge in [-0.05, 0) is 115 Å². The standard InChI is InChI=1S/C23H14NO2S.C23H14NOS.C23H14NSe.C23H16N.4Ir/c25-27(26)22-9-5-4-8-19(22)20-11-10-17(15-23(20)27)18-12-13-24-21(14-18)16-6-2-1-3-7-16;25-26-22-9-5-4-8-19(22)20-11-10-17(15-23(20)26)18-12-13-24-21(14-18)16-6-2-1-3-7-16;1-2-6-16(7-3-1)21-14-18(12-13-24-21)17-10-11-20-19-8-4-5-9-22(19)25-23(20)15-17;1-3-7-18(8-4-1)19-11-13-20(14-12-19)22-15-16-24-23(17-22)21-9-5-2-6-10-21;;;;/h1-6,8-15H;1-6,8-15H;1-6,8-15H;1-9,11-17H;;;;/q4*-1;;;;. The molecule has 0 saturated heterocycles. The van der Waals surface area contributed by atoms with Crippen LogP contribution < -0.4 is 0 Å². The zero-order chi connectivity index (χ0) is 68.8. The van der Waals surface area contributed by atoms with Crippen molar-refractivity contribution < 1.29 is 93.0 Å². The van der Waals surface area contributed by atoms with Crippen molar-refractivity contribution in [3.63, 3.8) is 0 Å². The molecule has 0 fully saturated rings. The number of benzene rings is 12. The molecule has 2 aliphatic rings. The molecule has 19 rings (SSSR count). The normalized spacial score (nSPS) is 12.1. The average molecular weight is 2180 g/mol. The molecule has 7 heterocycles. The summed E-state index contributed by atoms with van der Waals surface area (Å²) >= 11 is 0.394. The summed E-state index contributed by atoms with van der Waals surface area (Å²) in [6.07, 6.45) is 7.29. The van der Waals surface area contributed by atoms with Crippen molar-refractivity contribution in [2.75, 3.05) is 0 Å². The summed E-state index contributed by atoms with van der Waals surface area (Å²) in [6.45, 7) is 0. The van der Waals surface area contributed by atoms with Crippen molar-refractivity contribution in [2.24, 2.45) is 0 Å². The Kier molecular flexibility index (Phi) is 25.0. The monoisotopic (exact) mass is 2180 g/mol. The van der Waals surface area contributed by atoms with E-state index < -0.39 is 20.6 Å². The van der Waals surface area contributed by atoms with E-state index in [0.29, 0.717) is 24.3 Å². The van der Waals surface area contributed by atoms with Crippen LogP contribution in [0.15, 0.2) is 372 Å². The van der Waals surface area contributed by atoms with Crippen LogP contribution >= 0.6 is 0 Å². The van der Waals surface area contributed by atoms with Crippen LogP contribution in [0.3, 0.4) is 0 Å². The van der Waals surface area contributed by atoms with Gasteiger partial charge >= 0.3 is 152 Å². The van der Waals surface area contributed by atoms with Crippen LogP contribution in [0.2, 0.25) is 0 Å². The second-order valence-electron chi connectivity index (χ2n) is 24.3. The van der Waals surface area contributed by atoms with Gasteiger partial charge in [0.05, 0.1) is 30.4 Å². The Morgan fingerprint density at radius 3 is 1.15 bits per heavy atom. The van der Waals surface area contributed by atoms with E-state index in [4.69, 9.17) is 0 Å². The number of hydrogen-bond donors (Lipinski definition) is 0. The topological polar surface area (TPSA) is 103 Å². The van der Waals surface area contributed by atoms with Gasteiger partial charge in [-0.2, -0.15) is 0 Å². The Bertz CT molecular complexity index is 6060. The third kappa shape index (κ3) is 16.4. The number of pyridine rings is 4. The summed E-state index contributed by atoms with van der Waals surface area (Å²) in [5.74, 6) is 0. The number of fused-ring (bicyclic) bond motifs is 9. The summed E-state index contributed by atoms with van der Waals surface area (Å²) < 4.78 is 41.7. The van der Waals surface area contributed by atoms with Crippen molar-refractivity contribution in [3.8, 4) is 123 Å². The fourth-order valence-corrected chi connectivity index (χ4v) is 18.4.